The number of amides is 2. The van der Waals surface area contributed by atoms with Crippen LogP contribution >= 0.6 is 11.6 Å². The molecule has 1 aliphatic heterocycles. The maximum absolute atomic E-state index is 12.2. The minimum Gasteiger partial charge on any atom is -0.458 e. The third-order valence-corrected chi connectivity index (χ3v) is 3.24. The first-order valence-corrected chi connectivity index (χ1v) is 6.72. The van der Waals surface area contributed by atoms with Gasteiger partial charge in [0.1, 0.15) is 6.61 Å². The van der Waals surface area contributed by atoms with Crippen LogP contribution in [0.15, 0.2) is 48.2 Å². The molecule has 1 aromatic carbocycles. The number of urea groups is 1. The minimum atomic E-state index is -0.602. The molecule has 0 saturated carbocycles. The summed E-state index contributed by atoms with van der Waals surface area (Å²) in [7, 11) is 0. The first kappa shape index (κ1) is 15.1. The van der Waals surface area contributed by atoms with E-state index < -0.39 is 12.0 Å². The Balaban J connectivity index is 2.40. The molecule has 110 valence electrons. The van der Waals surface area contributed by atoms with Gasteiger partial charge in [-0.25, -0.2) is 9.59 Å². The molecular weight excluding hydrogens is 292 g/mol. The molecule has 1 aliphatic rings. The third kappa shape index (κ3) is 3.44. The Hall–Kier alpha value is -2.27. The average Bonchev–Trinajstić information content (AvgIpc) is 2.44. The van der Waals surface area contributed by atoms with E-state index in [0.29, 0.717) is 21.9 Å². The van der Waals surface area contributed by atoms with Crippen LogP contribution in [0, 0.1) is 0 Å². The topological polar surface area (TPSA) is 67.4 Å². The Morgan fingerprint density at radius 1 is 1.52 bits per heavy atom. The van der Waals surface area contributed by atoms with Crippen LogP contribution in [0.2, 0.25) is 5.02 Å². The molecule has 0 aliphatic carbocycles. The molecule has 0 bridgehead atoms. The Labute approximate surface area is 127 Å². The summed E-state index contributed by atoms with van der Waals surface area (Å²) >= 11 is 5.97. The number of nitrogens with one attached hydrogen (secondary N) is 2. The number of allylic oxidation sites excluding steroid dienone is 1. The van der Waals surface area contributed by atoms with Crippen LogP contribution in [0.25, 0.3) is 0 Å². The monoisotopic (exact) mass is 306 g/mol. The van der Waals surface area contributed by atoms with E-state index in [-0.39, 0.29) is 12.6 Å². The fraction of sp³-hybridized carbons (Fsp3) is 0.200. The van der Waals surface area contributed by atoms with Crippen LogP contribution in [-0.4, -0.2) is 18.6 Å². The van der Waals surface area contributed by atoms with E-state index in [1.54, 1.807) is 31.2 Å². The molecule has 0 saturated heterocycles. The van der Waals surface area contributed by atoms with Crippen LogP contribution in [0.4, 0.5) is 4.79 Å². The maximum atomic E-state index is 12.2. The van der Waals surface area contributed by atoms with Crippen molar-refractivity contribution >= 4 is 23.6 Å². The van der Waals surface area contributed by atoms with Gasteiger partial charge in [0.15, 0.2) is 0 Å². The quantitative estimate of drug-likeness (QED) is 0.664. The van der Waals surface area contributed by atoms with Crippen molar-refractivity contribution < 1.29 is 14.3 Å². The van der Waals surface area contributed by atoms with E-state index in [2.05, 4.69) is 17.2 Å². The summed E-state index contributed by atoms with van der Waals surface area (Å²) in [4.78, 5) is 23.9. The average molecular weight is 307 g/mol. The van der Waals surface area contributed by atoms with Gasteiger partial charge in [0, 0.05) is 10.7 Å². The number of esters is 1. The standard InChI is InChI=1S/C15H15ClN2O3/c1-3-7-21-14(19)12-9(2)17-15(20)18-13(12)10-5-4-6-11(16)8-10/h3-6,8,13H,1,7H2,2H3,(H2,17,18,20). The van der Waals surface area contributed by atoms with Gasteiger partial charge >= 0.3 is 12.0 Å². The lowest BCUT2D eigenvalue weighted by Gasteiger charge is -2.28. The summed E-state index contributed by atoms with van der Waals surface area (Å²) in [5.74, 6) is -0.509. The van der Waals surface area contributed by atoms with Crippen LogP contribution in [0.1, 0.15) is 18.5 Å². The molecule has 5 nitrogen and oxygen atoms in total. The molecule has 2 rings (SSSR count). The highest BCUT2D eigenvalue weighted by Gasteiger charge is 2.32. The summed E-state index contributed by atoms with van der Waals surface area (Å²) in [6, 6.07) is 5.99. The molecule has 0 spiro atoms. The number of benzene rings is 1. The lowest BCUT2D eigenvalue weighted by Crippen LogP contribution is -2.45. The molecule has 6 heteroatoms. The number of hydrogen-bond acceptors (Lipinski definition) is 3. The number of carbonyl (C=O) groups is 2. The highest BCUT2D eigenvalue weighted by molar-refractivity contribution is 6.30. The number of rotatable bonds is 4. The molecule has 2 N–H and O–H groups in total. The number of halogens is 1. The number of hydrogen-bond donors (Lipinski definition) is 2. The molecule has 0 aromatic heterocycles. The van der Waals surface area contributed by atoms with Crippen molar-refractivity contribution in [2.24, 2.45) is 0 Å². The van der Waals surface area contributed by atoms with Crippen molar-refractivity contribution in [3.05, 3.63) is 58.8 Å². The molecular formula is C15H15ClN2O3. The van der Waals surface area contributed by atoms with E-state index in [4.69, 9.17) is 16.3 Å². The Morgan fingerprint density at radius 3 is 2.95 bits per heavy atom. The lowest BCUT2D eigenvalue weighted by molar-refractivity contribution is -0.138. The van der Waals surface area contributed by atoms with E-state index in [0.717, 1.165) is 0 Å². The second kappa shape index (κ2) is 6.45. The van der Waals surface area contributed by atoms with Crippen LogP contribution in [0.3, 0.4) is 0 Å². The van der Waals surface area contributed by atoms with Crippen molar-refractivity contribution in [1.29, 1.82) is 0 Å². The van der Waals surface area contributed by atoms with Gasteiger partial charge in [0.2, 0.25) is 0 Å². The molecule has 21 heavy (non-hydrogen) atoms. The molecule has 1 aromatic rings. The molecule has 2 amide bonds. The van der Waals surface area contributed by atoms with Gasteiger partial charge in [0.05, 0.1) is 11.6 Å². The van der Waals surface area contributed by atoms with Crippen molar-refractivity contribution in [2.45, 2.75) is 13.0 Å². The van der Waals surface area contributed by atoms with Gasteiger partial charge in [-0.3, -0.25) is 0 Å². The molecule has 0 radical (unpaired) electrons. The Bertz CT molecular complexity index is 625. The fourth-order valence-corrected chi connectivity index (χ4v) is 2.31. The number of ether oxygens (including phenoxy) is 1. The summed E-state index contributed by atoms with van der Waals surface area (Å²) in [6.07, 6.45) is 1.48. The fourth-order valence-electron chi connectivity index (χ4n) is 2.11. The smallest absolute Gasteiger partial charge is 0.338 e. The highest BCUT2D eigenvalue weighted by atomic mass is 35.5. The van der Waals surface area contributed by atoms with Gasteiger partial charge in [-0.05, 0) is 24.6 Å². The third-order valence-electron chi connectivity index (χ3n) is 3.00. The number of carbonyl (C=O) groups excluding carboxylic acids is 2. The van der Waals surface area contributed by atoms with Crippen molar-refractivity contribution in [2.75, 3.05) is 6.61 Å². The Kier molecular flexibility index (Phi) is 4.65. The lowest BCUT2D eigenvalue weighted by atomic mass is 9.95. The van der Waals surface area contributed by atoms with E-state index >= 15 is 0 Å². The Morgan fingerprint density at radius 2 is 2.29 bits per heavy atom. The first-order valence-electron chi connectivity index (χ1n) is 6.34. The molecule has 1 atom stereocenters. The van der Waals surface area contributed by atoms with Gasteiger partial charge in [-0.15, -0.1) is 0 Å². The normalized spacial score (nSPS) is 17.8. The van der Waals surface area contributed by atoms with Crippen LogP contribution < -0.4 is 10.6 Å². The molecule has 0 fully saturated rings. The van der Waals surface area contributed by atoms with Crippen LogP contribution in [-0.2, 0) is 9.53 Å². The highest BCUT2D eigenvalue weighted by Crippen LogP contribution is 2.28. The van der Waals surface area contributed by atoms with Gasteiger partial charge in [-0.1, -0.05) is 36.4 Å². The maximum Gasteiger partial charge on any atom is 0.338 e. The van der Waals surface area contributed by atoms with Gasteiger partial charge in [0.25, 0.3) is 0 Å². The summed E-state index contributed by atoms with van der Waals surface area (Å²) in [5, 5.41) is 5.80. The zero-order chi connectivity index (χ0) is 15.4. The zero-order valence-corrected chi connectivity index (χ0v) is 12.2. The largest absolute Gasteiger partial charge is 0.458 e. The minimum absolute atomic E-state index is 0.103. The predicted octanol–water partition coefficient (Wildman–Crippen LogP) is 2.70. The molecule has 1 unspecified atom stereocenters. The SMILES string of the molecule is C=CCOC(=O)C1=C(C)NC(=O)NC1c1cccc(Cl)c1. The second-order valence-corrected chi connectivity index (χ2v) is 4.95. The van der Waals surface area contributed by atoms with E-state index in [1.807, 2.05) is 0 Å². The zero-order valence-electron chi connectivity index (χ0n) is 11.5. The summed E-state index contributed by atoms with van der Waals surface area (Å²) in [5.41, 5.74) is 1.51. The van der Waals surface area contributed by atoms with E-state index in [1.165, 1.54) is 6.08 Å². The van der Waals surface area contributed by atoms with Crippen molar-refractivity contribution in [3.63, 3.8) is 0 Å². The van der Waals surface area contributed by atoms with Crippen molar-refractivity contribution in [1.82, 2.24) is 10.6 Å². The molecule has 1 heterocycles. The first-order chi connectivity index (χ1) is 10.0. The van der Waals surface area contributed by atoms with Gasteiger partial charge < -0.3 is 15.4 Å². The van der Waals surface area contributed by atoms with Crippen molar-refractivity contribution in [3.8, 4) is 0 Å². The van der Waals surface area contributed by atoms with Gasteiger partial charge in [-0.2, -0.15) is 0 Å². The predicted molar refractivity (Wildman–Crippen MR) is 79.7 cm³/mol. The summed E-state index contributed by atoms with van der Waals surface area (Å²) < 4.78 is 5.08. The second-order valence-electron chi connectivity index (χ2n) is 4.51. The van der Waals surface area contributed by atoms with Crippen LogP contribution in [0.5, 0.6) is 0 Å². The van der Waals surface area contributed by atoms with E-state index in [9.17, 15) is 9.59 Å². The summed E-state index contributed by atoms with van der Waals surface area (Å²) in [6.45, 7) is 5.26.